The van der Waals surface area contributed by atoms with Crippen LogP contribution in [0, 0.1) is 11.3 Å². The Kier molecular flexibility index (Phi) is 2.57. The molecular formula is C11H8N2S. The number of thiophene rings is 1. The van der Waals surface area contributed by atoms with Gasteiger partial charge in [-0.25, -0.2) is 0 Å². The van der Waals surface area contributed by atoms with Gasteiger partial charge in [-0.3, -0.25) is 4.98 Å². The lowest BCUT2D eigenvalue weighted by atomic mass is 10.00. The van der Waals surface area contributed by atoms with Crippen molar-refractivity contribution in [2.24, 2.45) is 0 Å². The Morgan fingerprint density at radius 3 is 2.86 bits per heavy atom. The van der Waals surface area contributed by atoms with E-state index in [0.29, 0.717) is 0 Å². The molecule has 0 amide bonds. The number of hydrogen-bond donors (Lipinski definition) is 0. The quantitative estimate of drug-likeness (QED) is 0.747. The predicted octanol–water partition coefficient (Wildman–Crippen LogP) is 2.80. The van der Waals surface area contributed by atoms with Gasteiger partial charge in [-0.1, -0.05) is 6.07 Å². The van der Waals surface area contributed by atoms with Crippen LogP contribution >= 0.6 is 11.3 Å². The lowest BCUT2D eigenvalue weighted by molar-refractivity contribution is 0.972. The molecule has 0 spiro atoms. The third-order valence-electron chi connectivity index (χ3n) is 1.99. The van der Waals surface area contributed by atoms with Gasteiger partial charge in [-0.05, 0) is 34.5 Å². The van der Waals surface area contributed by atoms with Gasteiger partial charge in [-0.15, -0.1) is 0 Å². The van der Waals surface area contributed by atoms with Gasteiger partial charge < -0.3 is 0 Å². The Labute approximate surface area is 86.5 Å². The summed E-state index contributed by atoms with van der Waals surface area (Å²) in [5.41, 5.74) is 1.84. The van der Waals surface area contributed by atoms with Gasteiger partial charge >= 0.3 is 0 Å². The molecule has 0 N–H and O–H groups in total. The van der Waals surface area contributed by atoms with Gasteiger partial charge in [-0.2, -0.15) is 16.6 Å². The summed E-state index contributed by atoms with van der Waals surface area (Å²) >= 11 is 1.60. The van der Waals surface area contributed by atoms with E-state index in [1.54, 1.807) is 17.5 Å². The first-order valence-corrected chi connectivity index (χ1v) is 5.19. The second-order valence-corrected chi connectivity index (χ2v) is 3.65. The molecule has 2 aromatic rings. The fourth-order valence-corrected chi connectivity index (χ4v) is 1.98. The van der Waals surface area contributed by atoms with Crippen LogP contribution in [0.15, 0.2) is 41.2 Å². The van der Waals surface area contributed by atoms with E-state index in [0.717, 1.165) is 11.3 Å². The van der Waals surface area contributed by atoms with E-state index in [-0.39, 0.29) is 5.92 Å². The molecule has 2 heterocycles. The monoisotopic (exact) mass is 200 g/mol. The zero-order chi connectivity index (χ0) is 9.80. The molecule has 0 aromatic carbocycles. The van der Waals surface area contributed by atoms with Crippen molar-refractivity contribution >= 4 is 11.3 Å². The van der Waals surface area contributed by atoms with Crippen LogP contribution < -0.4 is 0 Å². The largest absolute Gasteiger partial charge is 0.260 e. The maximum Gasteiger partial charge on any atom is 0.114 e. The highest BCUT2D eigenvalue weighted by Gasteiger charge is 2.13. The molecular weight excluding hydrogens is 192 g/mol. The second-order valence-electron chi connectivity index (χ2n) is 2.87. The number of aromatic nitrogens is 1. The smallest absolute Gasteiger partial charge is 0.114 e. The first-order chi connectivity index (χ1) is 6.92. The predicted molar refractivity (Wildman–Crippen MR) is 56.0 cm³/mol. The molecule has 2 rings (SSSR count). The number of nitrogens with zero attached hydrogens (tertiary/aromatic N) is 2. The summed E-state index contributed by atoms with van der Waals surface area (Å²) in [7, 11) is 0. The van der Waals surface area contributed by atoms with E-state index in [9.17, 15) is 0 Å². The highest BCUT2D eigenvalue weighted by Crippen LogP contribution is 2.23. The van der Waals surface area contributed by atoms with Crippen molar-refractivity contribution < 1.29 is 0 Å². The number of rotatable bonds is 2. The molecule has 0 bridgehead atoms. The van der Waals surface area contributed by atoms with Crippen LogP contribution in [0.25, 0.3) is 0 Å². The highest BCUT2D eigenvalue weighted by atomic mass is 32.1. The highest BCUT2D eigenvalue weighted by molar-refractivity contribution is 7.08. The van der Waals surface area contributed by atoms with Gasteiger partial charge in [0.15, 0.2) is 0 Å². The van der Waals surface area contributed by atoms with Crippen LogP contribution in [0.4, 0.5) is 0 Å². The zero-order valence-electron chi connectivity index (χ0n) is 7.42. The Balaban J connectivity index is 2.38. The number of pyridine rings is 1. The molecule has 2 aromatic heterocycles. The average molecular weight is 200 g/mol. The van der Waals surface area contributed by atoms with Crippen LogP contribution in [0.5, 0.6) is 0 Å². The summed E-state index contributed by atoms with van der Waals surface area (Å²) in [6.45, 7) is 0. The van der Waals surface area contributed by atoms with Crippen molar-refractivity contribution in [3.05, 3.63) is 52.5 Å². The Hall–Kier alpha value is -1.66. The molecule has 0 fully saturated rings. The summed E-state index contributed by atoms with van der Waals surface area (Å²) in [4.78, 5) is 4.19. The zero-order valence-corrected chi connectivity index (χ0v) is 8.24. The molecule has 0 aliphatic heterocycles. The van der Waals surface area contributed by atoms with Crippen molar-refractivity contribution in [2.45, 2.75) is 5.92 Å². The van der Waals surface area contributed by atoms with Gasteiger partial charge in [0.05, 0.1) is 11.8 Å². The van der Waals surface area contributed by atoms with Crippen LogP contribution in [0.2, 0.25) is 0 Å². The van der Waals surface area contributed by atoms with Gasteiger partial charge in [0.25, 0.3) is 0 Å². The normalized spacial score (nSPS) is 11.9. The molecule has 1 atom stereocenters. The van der Waals surface area contributed by atoms with Gasteiger partial charge in [0.1, 0.15) is 5.92 Å². The summed E-state index contributed by atoms with van der Waals surface area (Å²) in [6, 6.07) is 9.87. The molecule has 2 nitrogen and oxygen atoms in total. The van der Waals surface area contributed by atoms with E-state index in [2.05, 4.69) is 11.1 Å². The van der Waals surface area contributed by atoms with Crippen LogP contribution in [0.1, 0.15) is 17.2 Å². The minimum Gasteiger partial charge on any atom is -0.260 e. The molecule has 0 aliphatic carbocycles. The fourth-order valence-electron chi connectivity index (χ4n) is 1.30. The lowest BCUT2D eigenvalue weighted by Crippen LogP contribution is -1.98. The second kappa shape index (κ2) is 4.03. The van der Waals surface area contributed by atoms with E-state index in [1.165, 1.54) is 0 Å². The summed E-state index contributed by atoms with van der Waals surface area (Å²) < 4.78 is 0. The molecule has 3 heteroatoms. The Morgan fingerprint density at radius 1 is 1.36 bits per heavy atom. The van der Waals surface area contributed by atoms with Crippen LogP contribution in [-0.4, -0.2) is 4.98 Å². The number of nitriles is 1. The SMILES string of the molecule is N#CC(c1ccsc1)c1ccccn1. The molecule has 0 radical (unpaired) electrons. The van der Waals surface area contributed by atoms with Gasteiger partial charge in [0.2, 0.25) is 0 Å². The standard InChI is InChI=1S/C11H8N2S/c12-7-10(9-4-6-14-8-9)11-3-1-2-5-13-11/h1-6,8,10H. The maximum atomic E-state index is 9.07. The summed E-state index contributed by atoms with van der Waals surface area (Å²) in [5, 5.41) is 13.0. The first kappa shape index (κ1) is 8.92. The van der Waals surface area contributed by atoms with E-state index < -0.39 is 0 Å². The first-order valence-electron chi connectivity index (χ1n) is 4.24. The third-order valence-corrected chi connectivity index (χ3v) is 2.69. The van der Waals surface area contributed by atoms with Crippen molar-refractivity contribution in [3.8, 4) is 6.07 Å². The van der Waals surface area contributed by atoms with Crippen LogP contribution in [-0.2, 0) is 0 Å². The van der Waals surface area contributed by atoms with Crippen molar-refractivity contribution in [2.75, 3.05) is 0 Å². The molecule has 0 saturated carbocycles. The van der Waals surface area contributed by atoms with E-state index in [4.69, 9.17) is 5.26 Å². The third kappa shape index (κ3) is 1.66. The van der Waals surface area contributed by atoms with Crippen molar-refractivity contribution in [3.63, 3.8) is 0 Å². The molecule has 68 valence electrons. The van der Waals surface area contributed by atoms with E-state index >= 15 is 0 Å². The molecule has 14 heavy (non-hydrogen) atoms. The van der Waals surface area contributed by atoms with Crippen molar-refractivity contribution in [1.82, 2.24) is 4.98 Å². The summed E-state index contributed by atoms with van der Waals surface area (Å²) in [5.74, 6) is -0.234. The minimum absolute atomic E-state index is 0.234. The fraction of sp³-hybridized carbons (Fsp3) is 0.0909. The molecule has 0 aliphatic rings. The lowest BCUT2D eigenvalue weighted by Gasteiger charge is -2.04. The maximum absolute atomic E-state index is 9.07. The Morgan fingerprint density at radius 2 is 2.29 bits per heavy atom. The average Bonchev–Trinajstić information content (AvgIpc) is 2.74. The molecule has 1 unspecified atom stereocenters. The minimum atomic E-state index is -0.234. The molecule has 0 saturated heterocycles. The Bertz CT molecular complexity index is 428. The summed E-state index contributed by atoms with van der Waals surface area (Å²) in [6.07, 6.45) is 1.71. The number of hydrogen-bond acceptors (Lipinski definition) is 3. The van der Waals surface area contributed by atoms with Crippen LogP contribution in [0.3, 0.4) is 0 Å². The van der Waals surface area contributed by atoms with Gasteiger partial charge in [0, 0.05) is 6.20 Å². The topological polar surface area (TPSA) is 36.7 Å². The van der Waals surface area contributed by atoms with E-state index in [1.807, 2.05) is 35.0 Å². The van der Waals surface area contributed by atoms with Crippen molar-refractivity contribution in [1.29, 1.82) is 5.26 Å².